The molecule has 0 amide bonds. The Balaban J connectivity index is 1.52. The molecule has 0 atom stereocenters. The number of nitrogens with zero attached hydrogens (tertiary/aromatic N) is 2. The second kappa shape index (κ2) is 9.24. The molecule has 8 rings (SSSR count). The monoisotopic (exact) mass is 536 g/mol. The molecule has 4 heteroatoms. The molecule has 0 aliphatic carbocycles. The Kier molecular flexibility index (Phi) is 5.22. The van der Waals surface area contributed by atoms with Gasteiger partial charge in [-0.2, -0.15) is 10.5 Å². The van der Waals surface area contributed by atoms with Crippen LogP contribution in [0.3, 0.4) is 0 Å². The number of hydrogen-bond donors (Lipinski definition) is 0. The highest BCUT2D eigenvalue weighted by atomic mass is 16.3. The van der Waals surface area contributed by atoms with Crippen LogP contribution >= 0.6 is 0 Å². The van der Waals surface area contributed by atoms with E-state index in [1.807, 2.05) is 121 Å². The van der Waals surface area contributed by atoms with Gasteiger partial charge in [-0.15, -0.1) is 0 Å². The van der Waals surface area contributed by atoms with Gasteiger partial charge < -0.3 is 8.83 Å². The topological polar surface area (TPSA) is 73.9 Å². The molecule has 0 aliphatic heterocycles. The van der Waals surface area contributed by atoms with Crippen LogP contribution in [0.2, 0.25) is 0 Å². The van der Waals surface area contributed by atoms with Gasteiger partial charge in [0.2, 0.25) is 0 Å². The largest absolute Gasteiger partial charge is 0.456 e. The zero-order valence-electron chi connectivity index (χ0n) is 22.3. The lowest BCUT2D eigenvalue weighted by Gasteiger charge is -2.16. The maximum atomic E-state index is 10.8. The number of para-hydroxylation sites is 3. The highest BCUT2D eigenvalue weighted by molar-refractivity contribution is 6.14. The Bertz CT molecular complexity index is 2450. The quantitative estimate of drug-likeness (QED) is 0.225. The molecule has 6 aromatic carbocycles. The molecule has 0 aliphatic rings. The lowest BCUT2D eigenvalue weighted by atomic mass is 9.86. The van der Waals surface area contributed by atoms with E-state index < -0.39 is 0 Å². The summed E-state index contributed by atoms with van der Waals surface area (Å²) in [7, 11) is 0. The Labute approximate surface area is 240 Å². The van der Waals surface area contributed by atoms with Crippen LogP contribution in [-0.2, 0) is 0 Å². The van der Waals surface area contributed by atoms with Crippen molar-refractivity contribution in [3.05, 3.63) is 132 Å². The normalized spacial score (nSPS) is 11.3. The predicted octanol–water partition coefficient (Wildman–Crippen LogP) is 10.2. The van der Waals surface area contributed by atoms with Crippen molar-refractivity contribution >= 4 is 43.9 Å². The van der Waals surface area contributed by atoms with Gasteiger partial charge in [0, 0.05) is 38.2 Å². The van der Waals surface area contributed by atoms with Crippen molar-refractivity contribution in [2.45, 2.75) is 0 Å². The average Bonchev–Trinajstić information content (AvgIpc) is 3.62. The molecule has 2 heterocycles. The molecule has 0 unspecified atom stereocenters. The van der Waals surface area contributed by atoms with Crippen molar-refractivity contribution in [2.24, 2.45) is 0 Å². The smallest absolute Gasteiger partial charge is 0.143 e. The summed E-state index contributed by atoms with van der Waals surface area (Å²) in [4.78, 5) is 0. The lowest BCUT2D eigenvalue weighted by Crippen LogP contribution is -1.94. The van der Waals surface area contributed by atoms with Crippen LogP contribution in [0.5, 0.6) is 0 Å². The molecule has 0 bridgehead atoms. The zero-order chi connectivity index (χ0) is 28.2. The summed E-state index contributed by atoms with van der Waals surface area (Å²) < 4.78 is 12.6. The lowest BCUT2D eigenvalue weighted by molar-refractivity contribution is 0.669. The fraction of sp³-hybridized carbons (Fsp3) is 0. The van der Waals surface area contributed by atoms with Crippen LogP contribution in [0, 0.1) is 22.7 Å². The van der Waals surface area contributed by atoms with Gasteiger partial charge in [-0.05, 0) is 53.1 Å². The van der Waals surface area contributed by atoms with Crippen molar-refractivity contribution in [3.63, 3.8) is 0 Å². The van der Waals surface area contributed by atoms with Crippen LogP contribution in [0.15, 0.2) is 130 Å². The summed E-state index contributed by atoms with van der Waals surface area (Å²) in [6, 6.07) is 44.4. The summed E-state index contributed by atoms with van der Waals surface area (Å²) in [6.45, 7) is 0. The van der Waals surface area contributed by atoms with Crippen LogP contribution in [0.25, 0.3) is 77.3 Å². The van der Waals surface area contributed by atoms with E-state index in [0.717, 1.165) is 77.3 Å². The molecule has 0 saturated carbocycles. The minimum Gasteiger partial charge on any atom is -0.456 e. The van der Waals surface area contributed by atoms with E-state index in [0.29, 0.717) is 11.1 Å². The molecule has 0 spiro atoms. The number of nitriles is 2. The van der Waals surface area contributed by atoms with E-state index in [1.165, 1.54) is 0 Å². The third-order valence-corrected chi connectivity index (χ3v) is 8.00. The van der Waals surface area contributed by atoms with Crippen LogP contribution in [0.4, 0.5) is 0 Å². The van der Waals surface area contributed by atoms with Gasteiger partial charge in [0.15, 0.2) is 0 Å². The molecular weight excluding hydrogens is 516 g/mol. The predicted molar refractivity (Wildman–Crippen MR) is 167 cm³/mol. The van der Waals surface area contributed by atoms with Crippen LogP contribution in [0.1, 0.15) is 11.1 Å². The third-order valence-electron chi connectivity index (χ3n) is 8.00. The van der Waals surface area contributed by atoms with E-state index in [-0.39, 0.29) is 0 Å². The van der Waals surface area contributed by atoms with Crippen molar-refractivity contribution < 1.29 is 8.83 Å². The van der Waals surface area contributed by atoms with E-state index >= 15 is 0 Å². The summed E-state index contributed by atoms with van der Waals surface area (Å²) in [5.41, 5.74) is 9.01. The zero-order valence-corrected chi connectivity index (χ0v) is 22.3. The van der Waals surface area contributed by atoms with Crippen molar-refractivity contribution in [1.82, 2.24) is 0 Å². The van der Waals surface area contributed by atoms with Gasteiger partial charge in [-0.1, -0.05) is 84.9 Å². The van der Waals surface area contributed by atoms with Gasteiger partial charge >= 0.3 is 0 Å². The molecule has 0 radical (unpaired) electrons. The van der Waals surface area contributed by atoms with Crippen LogP contribution < -0.4 is 0 Å². The summed E-state index contributed by atoms with van der Waals surface area (Å²) in [6.07, 6.45) is 0. The highest BCUT2D eigenvalue weighted by Gasteiger charge is 2.22. The first-order chi connectivity index (χ1) is 20.7. The highest BCUT2D eigenvalue weighted by Crippen LogP contribution is 2.44. The number of fused-ring (bicyclic) bond motifs is 6. The molecule has 2 aromatic heterocycles. The molecule has 194 valence electrons. The maximum Gasteiger partial charge on any atom is 0.143 e. The fourth-order valence-electron chi connectivity index (χ4n) is 6.13. The molecule has 4 nitrogen and oxygen atoms in total. The minimum absolute atomic E-state index is 0.527. The molecular formula is C38H20N2O2. The molecule has 0 saturated heterocycles. The van der Waals surface area contributed by atoms with E-state index in [4.69, 9.17) is 8.83 Å². The molecule has 0 N–H and O–H groups in total. The number of hydrogen-bond acceptors (Lipinski definition) is 4. The number of furan rings is 2. The van der Waals surface area contributed by atoms with E-state index in [9.17, 15) is 10.5 Å². The first kappa shape index (κ1) is 23.8. The number of benzene rings is 6. The standard InChI is InChI=1S/C38H20N2O2/c39-21-23-9-1-2-10-25(23)24-19-31(27-13-8-18-36-37(27)30-12-4-6-17-35(30)41-36)33(22-40)32(20-24)29-15-7-14-28-26-11-3-5-16-34(26)42-38(28)29/h1-20H. The van der Waals surface area contributed by atoms with Gasteiger partial charge in [0.1, 0.15) is 28.4 Å². The van der Waals surface area contributed by atoms with Gasteiger partial charge in [-0.3, -0.25) is 0 Å². The first-order valence-electron chi connectivity index (χ1n) is 13.6. The first-order valence-corrected chi connectivity index (χ1v) is 13.6. The van der Waals surface area contributed by atoms with E-state index in [2.05, 4.69) is 12.1 Å². The fourth-order valence-corrected chi connectivity index (χ4v) is 6.13. The van der Waals surface area contributed by atoms with E-state index in [1.54, 1.807) is 0 Å². The number of rotatable bonds is 3. The van der Waals surface area contributed by atoms with Crippen molar-refractivity contribution in [2.75, 3.05) is 0 Å². The molecule has 0 fully saturated rings. The average molecular weight is 537 g/mol. The molecule has 8 aromatic rings. The summed E-state index contributed by atoms with van der Waals surface area (Å²) >= 11 is 0. The summed E-state index contributed by atoms with van der Waals surface area (Å²) in [5.74, 6) is 0. The second-order valence-electron chi connectivity index (χ2n) is 10.3. The second-order valence-corrected chi connectivity index (χ2v) is 10.3. The Morgan fingerprint density at radius 2 is 1.05 bits per heavy atom. The Morgan fingerprint density at radius 3 is 1.86 bits per heavy atom. The van der Waals surface area contributed by atoms with Crippen molar-refractivity contribution in [3.8, 4) is 45.5 Å². The summed E-state index contributed by atoms with van der Waals surface area (Å²) in [5, 5.41) is 24.7. The molecule has 42 heavy (non-hydrogen) atoms. The maximum absolute atomic E-state index is 10.8. The van der Waals surface area contributed by atoms with Gasteiger partial charge in [0.25, 0.3) is 0 Å². The third kappa shape index (κ3) is 3.47. The Morgan fingerprint density at radius 1 is 0.452 bits per heavy atom. The van der Waals surface area contributed by atoms with Crippen molar-refractivity contribution in [1.29, 1.82) is 10.5 Å². The van der Waals surface area contributed by atoms with Gasteiger partial charge in [0.05, 0.1) is 17.2 Å². The SMILES string of the molecule is N#Cc1ccccc1-c1cc(-c2cccc3c2oc2ccccc23)c(C#N)c(-c2cccc3oc4ccccc4c23)c1. The van der Waals surface area contributed by atoms with Crippen LogP contribution in [-0.4, -0.2) is 0 Å². The Hall–Kier alpha value is -6.10. The minimum atomic E-state index is 0.527. The van der Waals surface area contributed by atoms with Gasteiger partial charge in [-0.25, -0.2) is 0 Å².